The molecular formula is C15H17NO3S. The minimum Gasteiger partial charge on any atom is -0.306 e. The first-order valence-electron chi connectivity index (χ1n) is 6.30. The van der Waals surface area contributed by atoms with E-state index in [-0.39, 0.29) is 11.7 Å². The van der Waals surface area contributed by atoms with Crippen molar-refractivity contribution >= 4 is 28.2 Å². The van der Waals surface area contributed by atoms with E-state index in [1.54, 1.807) is 43.0 Å². The van der Waals surface area contributed by atoms with Gasteiger partial charge in [0.05, 0.1) is 21.4 Å². The van der Waals surface area contributed by atoms with Crippen molar-refractivity contribution in [3.63, 3.8) is 0 Å². The fourth-order valence-electron chi connectivity index (χ4n) is 2.20. The SMILES string of the molecule is C=CCN1C(=O)C(C)(C)S(=O)c2cc(C(C)=O)ccc21. The van der Waals surface area contributed by atoms with Gasteiger partial charge in [0.2, 0.25) is 5.91 Å². The van der Waals surface area contributed by atoms with Crippen molar-refractivity contribution in [3.05, 3.63) is 36.4 Å². The average Bonchev–Trinajstić information content (AvgIpc) is 2.41. The number of ketones is 1. The number of anilines is 1. The molecular weight excluding hydrogens is 274 g/mol. The summed E-state index contributed by atoms with van der Waals surface area (Å²) < 4.78 is 11.6. The molecule has 5 heteroatoms. The Morgan fingerprint density at radius 2 is 2.10 bits per heavy atom. The largest absolute Gasteiger partial charge is 0.306 e. The van der Waals surface area contributed by atoms with Crippen LogP contribution in [0.2, 0.25) is 0 Å². The number of fused-ring (bicyclic) bond motifs is 1. The zero-order valence-electron chi connectivity index (χ0n) is 11.8. The number of rotatable bonds is 3. The first kappa shape index (κ1) is 14.7. The molecule has 1 heterocycles. The third-order valence-corrected chi connectivity index (χ3v) is 5.22. The van der Waals surface area contributed by atoms with Crippen molar-refractivity contribution in [2.24, 2.45) is 0 Å². The van der Waals surface area contributed by atoms with Gasteiger partial charge in [-0.3, -0.25) is 13.8 Å². The van der Waals surface area contributed by atoms with Crippen molar-refractivity contribution in [2.45, 2.75) is 30.4 Å². The molecule has 1 atom stereocenters. The second-order valence-electron chi connectivity index (χ2n) is 5.22. The number of hydrogen-bond acceptors (Lipinski definition) is 3. The van der Waals surface area contributed by atoms with E-state index in [1.807, 2.05) is 0 Å². The van der Waals surface area contributed by atoms with Crippen molar-refractivity contribution in [1.82, 2.24) is 0 Å². The Bertz CT molecular complexity index is 634. The number of carbonyl (C=O) groups is 2. The standard InChI is InChI=1S/C15H17NO3S/c1-5-8-16-12-7-6-11(10(2)17)9-13(12)20(19)15(3,4)14(16)18/h5-7,9H,1,8H2,2-4H3. The first-order valence-corrected chi connectivity index (χ1v) is 7.45. The lowest BCUT2D eigenvalue weighted by atomic mass is 10.1. The van der Waals surface area contributed by atoms with E-state index in [9.17, 15) is 13.8 Å². The second-order valence-corrected chi connectivity index (χ2v) is 7.22. The quantitative estimate of drug-likeness (QED) is 0.634. The molecule has 0 saturated heterocycles. The highest BCUT2D eigenvalue weighted by Gasteiger charge is 2.44. The van der Waals surface area contributed by atoms with E-state index < -0.39 is 15.5 Å². The van der Waals surface area contributed by atoms with Gasteiger partial charge in [-0.2, -0.15) is 0 Å². The highest BCUT2D eigenvalue weighted by molar-refractivity contribution is 7.87. The summed E-state index contributed by atoms with van der Waals surface area (Å²) >= 11 is 0. The zero-order chi connectivity index (χ0) is 15.1. The Morgan fingerprint density at radius 3 is 2.65 bits per heavy atom. The highest BCUT2D eigenvalue weighted by Crippen LogP contribution is 2.37. The van der Waals surface area contributed by atoms with Crippen LogP contribution < -0.4 is 4.90 Å². The van der Waals surface area contributed by atoms with E-state index in [0.29, 0.717) is 22.7 Å². The van der Waals surface area contributed by atoms with Gasteiger partial charge in [-0.15, -0.1) is 6.58 Å². The molecule has 0 fully saturated rings. The van der Waals surface area contributed by atoms with E-state index in [0.717, 1.165) is 0 Å². The van der Waals surface area contributed by atoms with Gasteiger partial charge in [-0.25, -0.2) is 0 Å². The third-order valence-electron chi connectivity index (χ3n) is 3.39. The molecule has 0 N–H and O–H groups in total. The van der Waals surface area contributed by atoms with Gasteiger partial charge in [-0.05, 0) is 39.0 Å². The molecule has 1 aliphatic heterocycles. The molecule has 0 radical (unpaired) electrons. The number of nitrogens with zero attached hydrogens (tertiary/aromatic N) is 1. The van der Waals surface area contributed by atoms with E-state index in [2.05, 4.69) is 6.58 Å². The lowest BCUT2D eigenvalue weighted by Crippen LogP contribution is -2.52. The number of hydrogen-bond donors (Lipinski definition) is 0. The molecule has 0 spiro atoms. The lowest BCUT2D eigenvalue weighted by Gasteiger charge is -2.37. The number of Topliss-reactive ketones (excluding diaryl/α,β-unsaturated/α-hetero) is 1. The fraction of sp³-hybridized carbons (Fsp3) is 0.333. The molecule has 1 unspecified atom stereocenters. The van der Waals surface area contributed by atoms with Crippen LogP contribution in [0.15, 0.2) is 35.7 Å². The maximum Gasteiger partial charge on any atom is 0.245 e. The Hall–Kier alpha value is -1.75. The van der Waals surface area contributed by atoms with Crippen LogP contribution in [0.25, 0.3) is 0 Å². The Balaban J connectivity index is 2.67. The molecule has 4 nitrogen and oxygen atoms in total. The monoisotopic (exact) mass is 291 g/mol. The smallest absolute Gasteiger partial charge is 0.245 e. The Morgan fingerprint density at radius 1 is 1.45 bits per heavy atom. The molecule has 1 amide bonds. The summed E-state index contributed by atoms with van der Waals surface area (Å²) in [5.41, 5.74) is 1.10. The minimum absolute atomic E-state index is 0.0882. The summed E-state index contributed by atoms with van der Waals surface area (Å²) in [5, 5.41) is 0. The van der Waals surface area contributed by atoms with Gasteiger partial charge >= 0.3 is 0 Å². The van der Waals surface area contributed by atoms with E-state index >= 15 is 0 Å². The summed E-state index contributed by atoms with van der Waals surface area (Å²) in [6.45, 7) is 8.78. The van der Waals surface area contributed by atoms with Crippen molar-refractivity contribution in [2.75, 3.05) is 11.4 Å². The molecule has 1 aromatic carbocycles. The lowest BCUT2D eigenvalue weighted by molar-refractivity contribution is -0.120. The molecule has 0 aliphatic carbocycles. The Labute approximate surface area is 120 Å². The molecule has 106 valence electrons. The topological polar surface area (TPSA) is 54.5 Å². The number of amides is 1. The fourth-order valence-corrected chi connectivity index (χ4v) is 3.62. The summed E-state index contributed by atoms with van der Waals surface area (Å²) in [4.78, 5) is 26.0. The summed E-state index contributed by atoms with van der Waals surface area (Å²) in [5.74, 6) is -0.284. The summed E-state index contributed by atoms with van der Waals surface area (Å²) in [6, 6.07) is 4.96. The maximum absolute atomic E-state index is 12.6. The van der Waals surface area contributed by atoms with Gasteiger partial charge < -0.3 is 4.90 Å². The van der Waals surface area contributed by atoms with Crippen molar-refractivity contribution in [3.8, 4) is 0 Å². The molecule has 0 saturated carbocycles. The molecule has 20 heavy (non-hydrogen) atoms. The van der Waals surface area contributed by atoms with Crippen LogP contribution in [0.4, 0.5) is 5.69 Å². The van der Waals surface area contributed by atoms with Crippen LogP contribution in [-0.4, -0.2) is 27.2 Å². The van der Waals surface area contributed by atoms with Crippen molar-refractivity contribution < 1.29 is 13.8 Å². The average molecular weight is 291 g/mol. The van der Waals surface area contributed by atoms with Gasteiger partial charge in [0, 0.05) is 12.1 Å². The highest BCUT2D eigenvalue weighted by atomic mass is 32.2. The van der Waals surface area contributed by atoms with Gasteiger partial charge in [0.15, 0.2) is 5.78 Å². The predicted molar refractivity (Wildman–Crippen MR) is 79.5 cm³/mol. The van der Waals surface area contributed by atoms with Crippen LogP contribution in [-0.2, 0) is 15.6 Å². The molecule has 1 aromatic rings. The maximum atomic E-state index is 12.6. The second kappa shape index (κ2) is 4.98. The Kier molecular flexibility index (Phi) is 3.65. The predicted octanol–water partition coefficient (Wildman–Crippen LogP) is 2.31. The van der Waals surface area contributed by atoms with Crippen LogP contribution in [0, 0.1) is 0 Å². The van der Waals surface area contributed by atoms with Crippen LogP contribution in [0.1, 0.15) is 31.1 Å². The van der Waals surface area contributed by atoms with Crippen LogP contribution in [0.5, 0.6) is 0 Å². The van der Waals surface area contributed by atoms with Crippen LogP contribution >= 0.6 is 0 Å². The van der Waals surface area contributed by atoms with Gasteiger partial charge in [-0.1, -0.05) is 6.08 Å². The normalized spacial score (nSPS) is 20.4. The molecule has 1 aliphatic rings. The summed E-state index contributed by atoms with van der Waals surface area (Å²) in [7, 11) is -1.48. The van der Waals surface area contributed by atoms with Gasteiger partial charge in [0.1, 0.15) is 4.75 Å². The third kappa shape index (κ3) is 2.12. The first-order chi connectivity index (χ1) is 9.30. The zero-order valence-corrected chi connectivity index (χ0v) is 12.6. The molecule has 0 bridgehead atoms. The number of carbonyl (C=O) groups excluding carboxylic acids is 2. The molecule has 0 aromatic heterocycles. The van der Waals surface area contributed by atoms with E-state index in [4.69, 9.17) is 0 Å². The van der Waals surface area contributed by atoms with Gasteiger partial charge in [0.25, 0.3) is 0 Å². The molecule has 2 rings (SSSR count). The van der Waals surface area contributed by atoms with Crippen molar-refractivity contribution in [1.29, 1.82) is 0 Å². The summed E-state index contributed by atoms with van der Waals surface area (Å²) in [6.07, 6.45) is 1.63. The van der Waals surface area contributed by atoms with Crippen LogP contribution in [0.3, 0.4) is 0 Å². The minimum atomic E-state index is -1.48. The van der Waals surface area contributed by atoms with E-state index in [1.165, 1.54) is 6.92 Å². The number of benzene rings is 1.